The van der Waals surface area contributed by atoms with Crippen molar-refractivity contribution >= 4 is 45.5 Å². The number of morpholine rings is 1. The van der Waals surface area contributed by atoms with Crippen molar-refractivity contribution in [2.45, 2.75) is 40.6 Å². The van der Waals surface area contributed by atoms with Gasteiger partial charge in [0.1, 0.15) is 6.04 Å². The van der Waals surface area contributed by atoms with Crippen LogP contribution < -0.4 is 5.32 Å². The fraction of sp³-hybridized carbons (Fsp3) is 0.857. The molecule has 4 saturated heterocycles. The van der Waals surface area contributed by atoms with Gasteiger partial charge in [-0.3, -0.25) is 19.3 Å². The lowest BCUT2D eigenvalue weighted by molar-refractivity contribution is -0.153. The Morgan fingerprint density at radius 2 is 2.09 bits per heavy atom. The van der Waals surface area contributed by atoms with Crippen molar-refractivity contribution in [3.8, 4) is 0 Å². The highest BCUT2D eigenvalue weighted by molar-refractivity contribution is 9.09. The minimum atomic E-state index is -0.661. The largest absolute Gasteiger partial charge is 0.466 e. The molecule has 9 nitrogen and oxygen atoms in total. The molecule has 4 fully saturated rings. The average Bonchev–Trinajstić information content (AvgIpc) is 3.36. The van der Waals surface area contributed by atoms with Gasteiger partial charge in [0, 0.05) is 49.4 Å². The zero-order chi connectivity index (χ0) is 22.9. The van der Waals surface area contributed by atoms with E-state index in [0.717, 1.165) is 19.6 Å². The summed E-state index contributed by atoms with van der Waals surface area (Å²) in [6.45, 7) is 6.55. The highest BCUT2D eigenvalue weighted by Gasteiger charge is 2.75. The number of aliphatic hydroxyl groups excluding tert-OH is 1. The number of carbonyl (C=O) groups is 3. The number of likely N-dealkylation sites (tertiary alicyclic amines) is 1. The summed E-state index contributed by atoms with van der Waals surface area (Å²) in [7, 11) is 0. The second kappa shape index (κ2) is 10.2. The third kappa shape index (κ3) is 4.19. The molecule has 4 aliphatic heterocycles. The van der Waals surface area contributed by atoms with Crippen LogP contribution in [0, 0.1) is 11.8 Å². The lowest BCUT2D eigenvalue weighted by atomic mass is 9.71. The summed E-state index contributed by atoms with van der Waals surface area (Å²) < 4.78 is 10.0. The van der Waals surface area contributed by atoms with Gasteiger partial charge in [0.05, 0.1) is 36.4 Å². The van der Waals surface area contributed by atoms with Crippen LogP contribution in [0.2, 0.25) is 0 Å². The smallest absolute Gasteiger partial charge is 0.310 e. The number of ether oxygens (including phenoxy) is 2. The molecule has 1 spiro atoms. The highest BCUT2D eigenvalue weighted by Crippen LogP contribution is 2.67. The molecular weight excluding hydrogens is 502 g/mol. The number of rotatable bonds is 9. The Morgan fingerprint density at radius 1 is 1.34 bits per heavy atom. The highest BCUT2D eigenvalue weighted by atomic mass is 79.9. The maximum Gasteiger partial charge on any atom is 0.310 e. The molecule has 6 atom stereocenters. The summed E-state index contributed by atoms with van der Waals surface area (Å²) in [6.07, 6.45) is 1.04. The molecule has 4 aliphatic rings. The van der Waals surface area contributed by atoms with Crippen molar-refractivity contribution in [2.24, 2.45) is 11.8 Å². The number of nitrogens with zero attached hydrogens (tertiary/aromatic N) is 2. The van der Waals surface area contributed by atoms with Gasteiger partial charge in [0.2, 0.25) is 11.8 Å². The third-order valence-corrected chi connectivity index (χ3v) is 10.2. The first-order valence-corrected chi connectivity index (χ1v) is 13.2. The number of carbonyl (C=O) groups excluding carboxylic acids is 3. The molecule has 0 aromatic carbocycles. The summed E-state index contributed by atoms with van der Waals surface area (Å²) in [5.41, 5.74) is 0. The second-order valence-electron chi connectivity index (χ2n) is 8.77. The molecule has 2 bridgehead atoms. The molecule has 0 aromatic rings. The Hall–Kier alpha value is -0.880. The van der Waals surface area contributed by atoms with Crippen LogP contribution in [-0.2, 0) is 23.9 Å². The van der Waals surface area contributed by atoms with Crippen molar-refractivity contribution in [3.05, 3.63) is 0 Å². The SMILES string of the molecule is CCOC(=O)[C@H]1[C@@H]2SC3(CC2Br)C(C(=O)NCCN2CCOCC2)N(CCCO)C(=O)[C@H]13. The van der Waals surface area contributed by atoms with Crippen LogP contribution in [0.25, 0.3) is 0 Å². The van der Waals surface area contributed by atoms with E-state index < -0.39 is 22.6 Å². The average molecular weight is 534 g/mol. The number of nitrogens with one attached hydrogen (secondary N) is 1. The van der Waals surface area contributed by atoms with Crippen LogP contribution in [-0.4, -0.2) is 113 Å². The standard InChI is InChI=1S/C21H32BrN3O6S/c1-2-31-20(29)14-15-19(28)25(5-3-9-26)17(21(15)12-13(22)16(14)32-21)18(27)23-4-6-24-7-10-30-11-8-24/h13-17,26H,2-12H2,1H3,(H,23,27)/t13?,14-,15+,16-,17?,21?/m1/s1. The molecule has 32 heavy (non-hydrogen) atoms. The van der Waals surface area contributed by atoms with Crippen molar-refractivity contribution in [1.82, 2.24) is 15.1 Å². The fourth-order valence-electron chi connectivity index (χ4n) is 5.68. The predicted octanol–water partition coefficient (Wildman–Crippen LogP) is -0.155. The van der Waals surface area contributed by atoms with E-state index in [2.05, 4.69) is 26.1 Å². The Balaban J connectivity index is 1.54. The van der Waals surface area contributed by atoms with Crippen LogP contribution in [0.4, 0.5) is 0 Å². The van der Waals surface area contributed by atoms with Crippen molar-refractivity contribution in [1.29, 1.82) is 0 Å². The zero-order valence-corrected chi connectivity index (χ0v) is 20.7. The van der Waals surface area contributed by atoms with Gasteiger partial charge in [-0.05, 0) is 19.8 Å². The molecule has 0 aromatic heterocycles. The molecule has 0 aliphatic carbocycles. The van der Waals surface area contributed by atoms with Crippen LogP contribution in [0.5, 0.6) is 0 Å². The number of halogens is 1. The van der Waals surface area contributed by atoms with Gasteiger partial charge in [-0.25, -0.2) is 0 Å². The molecule has 4 rings (SSSR count). The van der Waals surface area contributed by atoms with E-state index in [1.54, 1.807) is 23.6 Å². The van der Waals surface area contributed by atoms with Crippen LogP contribution in [0.3, 0.4) is 0 Å². The minimum absolute atomic E-state index is 0.0346. The first-order valence-electron chi connectivity index (χ1n) is 11.4. The summed E-state index contributed by atoms with van der Waals surface area (Å²) in [5.74, 6) is -1.83. The van der Waals surface area contributed by atoms with E-state index in [0.29, 0.717) is 39.1 Å². The van der Waals surface area contributed by atoms with E-state index >= 15 is 0 Å². The van der Waals surface area contributed by atoms with Gasteiger partial charge in [0.15, 0.2) is 0 Å². The van der Waals surface area contributed by atoms with Crippen LogP contribution in [0.1, 0.15) is 19.8 Å². The van der Waals surface area contributed by atoms with E-state index in [1.165, 1.54) is 0 Å². The maximum absolute atomic E-state index is 13.5. The van der Waals surface area contributed by atoms with Crippen LogP contribution >= 0.6 is 27.7 Å². The number of hydrogen-bond acceptors (Lipinski definition) is 8. The quantitative estimate of drug-likeness (QED) is 0.311. The molecule has 3 unspecified atom stereocenters. The monoisotopic (exact) mass is 533 g/mol. The topological polar surface area (TPSA) is 108 Å². The van der Waals surface area contributed by atoms with E-state index in [1.807, 2.05) is 0 Å². The number of amides is 2. The number of hydrogen-bond donors (Lipinski definition) is 2. The lowest BCUT2D eigenvalue weighted by Crippen LogP contribution is -2.55. The van der Waals surface area contributed by atoms with Gasteiger partial charge in [-0.15, -0.1) is 11.8 Å². The number of thioether (sulfide) groups is 1. The predicted molar refractivity (Wildman–Crippen MR) is 123 cm³/mol. The fourth-order valence-corrected chi connectivity index (χ4v) is 9.28. The van der Waals surface area contributed by atoms with E-state index in [9.17, 15) is 19.5 Å². The van der Waals surface area contributed by atoms with Crippen molar-refractivity contribution in [3.63, 3.8) is 0 Å². The minimum Gasteiger partial charge on any atom is -0.466 e. The summed E-state index contributed by atoms with van der Waals surface area (Å²) >= 11 is 5.31. The van der Waals surface area contributed by atoms with Crippen LogP contribution in [0.15, 0.2) is 0 Å². The zero-order valence-electron chi connectivity index (χ0n) is 18.3. The normalized spacial score (nSPS) is 36.4. The number of alkyl halides is 1. The van der Waals surface area contributed by atoms with Crippen molar-refractivity contribution in [2.75, 3.05) is 59.2 Å². The van der Waals surface area contributed by atoms with Gasteiger partial charge < -0.3 is 24.8 Å². The number of esters is 1. The van der Waals surface area contributed by atoms with Gasteiger partial charge in [-0.1, -0.05) is 15.9 Å². The Kier molecular flexibility index (Phi) is 7.71. The van der Waals surface area contributed by atoms with E-state index in [4.69, 9.17) is 9.47 Å². The number of fused-ring (bicyclic) bond motifs is 1. The molecule has 0 saturated carbocycles. The summed E-state index contributed by atoms with van der Waals surface area (Å²) in [6, 6.07) is -0.661. The van der Waals surface area contributed by atoms with Gasteiger partial charge >= 0.3 is 5.97 Å². The van der Waals surface area contributed by atoms with Crippen molar-refractivity contribution < 1.29 is 29.0 Å². The third-order valence-electron chi connectivity index (χ3n) is 6.98. The Bertz CT molecular complexity index is 738. The summed E-state index contributed by atoms with van der Waals surface area (Å²) in [5, 5.41) is 12.3. The maximum atomic E-state index is 13.5. The van der Waals surface area contributed by atoms with Gasteiger partial charge in [-0.2, -0.15) is 0 Å². The summed E-state index contributed by atoms with van der Waals surface area (Å²) in [4.78, 5) is 43.7. The molecule has 4 heterocycles. The Labute approximate surface area is 201 Å². The second-order valence-corrected chi connectivity index (χ2v) is 11.5. The molecule has 2 amide bonds. The molecule has 11 heteroatoms. The first kappa shape index (κ1) is 24.3. The molecule has 0 radical (unpaired) electrons. The molecular formula is C21H32BrN3O6S. The Morgan fingerprint density at radius 3 is 2.78 bits per heavy atom. The molecule has 180 valence electrons. The first-order chi connectivity index (χ1) is 15.4. The molecule has 2 N–H and O–H groups in total. The van der Waals surface area contributed by atoms with Gasteiger partial charge in [0.25, 0.3) is 0 Å². The lowest BCUT2D eigenvalue weighted by Gasteiger charge is -2.35. The number of aliphatic hydroxyl groups is 1. The van der Waals surface area contributed by atoms with E-state index in [-0.39, 0.29) is 41.1 Å².